The number of nitrogens with zero attached hydrogens (tertiary/aromatic N) is 1. The zero-order valence-corrected chi connectivity index (χ0v) is 30.9. The van der Waals surface area contributed by atoms with Crippen LogP contribution in [-0.2, 0) is 19.1 Å². The smallest absolute Gasteiger partial charge is 0.306 e. The second-order valence-corrected chi connectivity index (χ2v) is 13.6. The van der Waals surface area contributed by atoms with Crippen LogP contribution in [0.4, 0.5) is 0 Å². The lowest BCUT2D eigenvalue weighted by Gasteiger charge is -2.35. The molecule has 0 unspecified atom stereocenters. The second kappa shape index (κ2) is 32.4. The number of unbranched alkanes of at least 4 members (excludes halogenated alkanes) is 16. The first-order chi connectivity index (χ1) is 23.1. The van der Waals surface area contributed by atoms with Crippen LogP contribution >= 0.6 is 0 Å². The molecule has 0 aromatic carbocycles. The van der Waals surface area contributed by atoms with Crippen LogP contribution < -0.4 is 0 Å². The maximum atomic E-state index is 12.6. The maximum Gasteiger partial charge on any atom is 0.306 e. The number of piperidine rings is 1. The predicted octanol–water partition coefficient (Wildman–Crippen LogP) is 11.8. The monoisotopic (exact) mass is 656 g/mol. The lowest BCUT2D eigenvalue weighted by Crippen LogP contribution is -2.49. The van der Waals surface area contributed by atoms with E-state index >= 15 is 0 Å². The summed E-state index contributed by atoms with van der Waals surface area (Å²) in [6.45, 7) is 5.96. The molecule has 270 valence electrons. The highest BCUT2D eigenvalue weighted by Crippen LogP contribution is 2.19. The fourth-order valence-electron chi connectivity index (χ4n) is 5.91. The van der Waals surface area contributed by atoms with E-state index in [1.807, 2.05) is 7.05 Å². The number of likely N-dealkylation sites (N-methyl/N-ethyl adjacent to an activating group) is 1. The van der Waals surface area contributed by atoms with Crippen LogP contribution in [0, 0.1) is 0 Å². The van der Waals surface area contributed by atoms with Gasteiger partial charge >= 0.3 is 11.9 Å². The quantitative estimate of drug-likeness (QED) is 0.0438. The van der Waals surface area contributed by atoms with Gasteiger partial charge in [0.2, 0.25) is 0 Å². The number of hydrogen-bond acceptors (Lipinski definition) is 5. The molecule has 0 saturated carbocycles. The summed E-state index contributed by atoms with van der Waals surface area (Å²) in [5.74, 6) is -0.314. The molecule has 0 N–H and O–H groups in total. The third-order valence-corrected chi connectivity index (χ3v) is 8.93. The zero-order chi connectivity index (χ0) is 34.0. The Morgan fingerprint density at radius 3 is 1.36 bits per heavy atom. The van der Waals surface area contributed by atoms with Gasteiger partial charge in [-0.1, -0.05) is 127 Å². The fourth-order valence-corrected chi connectivity index (χ4v) is 5.91. The molecule has 5 heteroatoms. The third-order valence-electron chi connectivity index (χ3n) is 8.93. The Morgan fingerprint density at radius 1 is 0.532 bits per heavy atom. The molecule has 0 spiro atoms. The van der Waals surface area contributed by atoms with Gasteiger partial charge in [-0.15, -0.1) is 0 Å². The minimum Gasteiger partial charge on any atom is -0.458 e. The highest BCUT2D eigenvalue weighted by atomic mass is 16.6. The predicted molar refractivity (Wildman–Crippen MR) is 201 cm³/mol. The van der Waals surface area contributed by atoms with Crippen molar-refractivity contribution in [2.24, 2.45) is 0 Å². The molecule has 0 amide bonds. The van der Waals surface area contributed by atoms with E-state index in [4.69, 9.17) is 9.47 Å². The maximum absolute atomic E-state index is 12.6. The summed E-state index contributed by atoms with van der Waals surface area (Å²) in [6, 6.07) is 0. The molecule has 0 bridgehead atoms. The summed E-state index contributed by atoms with van der Waals surface area (Å²) in [7, 11) is 2.03. The molecule has 2 atom stereocenters. The van der Waals surface area contributed by atoms with E-state index < -0.39 is 0 Å². The summed E-state index contributed by atoms with van der Waals surface area (Å²) in [5.41, 5.74) is 0. The van der Waals surface area contributed by atoms with Gasteiger partial charge in [0, 0.05) is 32.4 Å². The lowest BCUT2D eigenvalue weighted by atomic mass is 10.0. The molecule has 1 fully saturated rings. The fraction of sp³-hybridized carbons (Fsp3) is 0.762. The van der Waals surface area contributed by atoms with Crippen molar-refractivity contribution in [1.29, 1.82) is 0 Å². The van der Waals surface area contributed by atoms with Crippen LogP contribution in [0.25, 0.3) is 0 Å². The summed E-state index contributed by atoms with van der Waals surface area (Å²) >= 11 is 0. The number of carbonyl (C=O) groups excluding carboxylic acids is 2. The lowest BCUT2D eigenvalue weighted by molar-refractivity contribution is -0.174. The molecule has 1 aliphatic heterocycles. The van der Waals surface area contributed by atoms with E-state index in [0.29, 0.717) is 25.8 Å². The Labute approximate surface area is 290 Å². The van der Waals surface area contributed by atoms with Crippen molar-refractivity contribution in [1.82, 2.24) is 4.90 Å². The van der Waals surface area contributed by atoms with Gasteiger partial charge in [-0.2, -0.15) is 0 Å². The molecule has 1 aliphatic rings. The number of rotatable bonds is 30. The Hall–Kier alpha value is -2.14. The molecule has 1 saturated heterocycles. The van der Waals surface area contributed by atoms with Crippen LogP contribution in [0.1, 0.15) is 174 Å². The van der Waals surface area contributed by atoms with Gasteiger partial charge in [0.05, 0.1) is 0 Å². The normalized spacial score (nSPS) is 17.5. The van der Waals surface area contributed by atoms with Crippen LogP contribution in [-0.4, -0.2) is 49.2 Å². The van der Waals surface area contributed by atoms with Crippen molar-refractivity contribution < 1.29 is 19.1 Å². The van der Waals surface area contributed by atoms with Crippen molar-refractivity contribution in [3.8, 4) is 0 Å². The number of ether oxygens (including phenoxy) is 2. The molecule has 0 aromatic heterocycles. The molecular weight excluding hydrogens is 582 g/mol. The standard InChI is InChI=1S/C42H73NO4/c1-4-6-8-10-12-14-16-18-20-22-24-26-28-30-32-34-41(44)46-39-36-37-43(3)38-40(39)47-42(45)35-33-31-29-27-25-23-21-19-17-15-13-11-9-7-5-2/h12-15,18-21,39-40H,4-11,16-17,22-38H2,1-3H3/t39-,40+/m1/s1. The van der Waals surface area contributed by atoms with E-state index in [-0.39, 0.29) is 24.1 Å². The van der Waals surface area contributed by atoms with Gasteiger partial charge in [-0.3, -0.25) is 9.59 Å². The summed E-state index contributed by atoms with van der Waals surface area (Å²) in [5, 5.41) is 0. The van der Waals surface area contributed by atoms with E-state index in [1.165, 1.54) is 77.0 Å². The molecular formula is C42H73NO4. The van der Waals surface area contributed by atoms with Crippen LogP contribution in [0.15, 0.2) is 48.6 Å². The summed E-state index contributed by atoms with van der Waals surface area (Å²) in [6.07, 6.45) is 44.8. The highest BCUT2D eigenvalue weighted by Gasteiger charge is 2.33. The molecule has 5 nitrogen and oxygen atoms in total. The van der Waals surface area contributed by atoms with E-state index in [1.54, 1.807) is 0 Å². The van der Waals surface area contributed by atoms with Gasteiger partial charge in [-0.25, -0.2) is 0 Å². The van der Waals surface area contributed by atoms with E-state index in [0.717, 1.165) is 70.8 Å². The van der Waals surface area contributed by atoms with E-state index in [9.17, 15) is 9.59 Å². The van der Waals surface area contributed by atoms with Gasteiger partial charge in [0.15, 0.2) is 6.10 Å². The van der Waals surface area contributed by atoms with Crippen LogP contribution in [0.3, 0.4) is 0 Å². The third kappa shape index (κ3) is 27.5. The first-order valence-corrected chi connectivity index (χ1v) is 19.7. The molecule has 1 heterocycles. The number of allylic oxidation sites excluding steroid dienone is 8. The number of carbonyl (C=O) groups is 2. The first kappa shape index (κ1) is 42.9. The van der Waals surface area contributed by atoms with Gasteiger partial charge in [0.1, 0.15) is 6.10 Å². The highest BCUT2D eigenvalue weighted by molar-refractivity contribution is 5.70. The average Bonchev–Trinajstić information content (AvgIpc) is 3.06. The van der Waals surface area contributed by atoms with Crippen LogP contribution in [0.2, 0.25) is 0 Å². The zero-order valence-electron chi connectivity index (χ0n) is 30.9. The van der Waals surface area contributed by atoms with Crippen molar-refractivity contribution in [2.45, 2.75) is 187 Å². The molecule has 1 rings (SSSR count). The van der Waals surface area contributed by atoms with Crippen molar-refractivity contribution >= 4 is 11.9 Å². The summed E-state index contributed by atoms with van der Waals surface area (Å²) < 4.78 is 11.7. The van der Waals surface area contributed by atoms with Crippen molar-refractivity contribution in [3.05, 3.63) is 48.6 Å². The largest absolute Gasteiger partial charge is 0.458 e. The van der Waals surface area contributed by atoms with Crippen molar-refractivity contribution in [2.75, 3.05) is 20.1 Å². The molecule has 0 aliphatic carbocycles. The minimum atomic E-state index is -0.368. The Morgan fingerprint density at radius 2 is 0.915 bits per heavy atom. The first-order valence-electron chi connectivity index (χ1n) is 19.7. The SMILES string of the molecule is CCCCCC=CCC=CCCCCCCCC(=O)O[C@H]1CN(C)CC[C@H]1OC(=O)CCCCCCCC=CCC=CCCCCC. The summed E-state index contributed by atoms with van der Waals surface area (Å²) in [4.78, 5) is 27.4. The average molecular weight is 656 g/mol. The van der Waals surface area contributed by atoms with Gasteiger partial charge in [0.25, 0.3) is 0 Å². The Bertz CT molecular complexity index is 861. The second-order valence-electron chi connectivity index (χ2n) is 13.6. The van der Waals surface area contributed by atoms with Gasteiger partial charge < -0.3 is 14.4 Å². The van der Waals surface area contributed by atoms with E-state index in [2.05, 4.69) is 67.4 Å². The molecule has 0 radical (unpaired) electrons. The molecule has 47 heavy (non-hydrogen) atoms. The molecule has 0 aromatic rings. The van der Waals surface area contributed by atoms with Gasteiger partial charge in [-0.05, 0) is 84.1 Å². The minimum absolute atomic E-state index is 0.153. The Balaban J connectivity index is 2.09. The topological polar surface area (TPSA) is 55.8 Å². The number of likely N-dealkylation sites (tertiary alicyclic amines) is 1. The van der Waals surface area contributed by atoms with Crippen LogP contribution in [0.5, 0.6) is 0 Å². The van der Waals surface area contributed by atoms with Crippen molar-refractivity contribution in [3.63, 3.8) is 0 Å². The number of esters is 2. The number of hydrogen-bond donors (Lipinski definition) is 0. The Kier molecular flexibility index (Phi) is 29.6.